The van der Waals surface area contributed by atoms with E-state index in [9.17, 15) is 13.0 Å². The second-order valence-electron chi connectivity index (χ2n) is 5.00. The van der Waals surface area contributed by atoms with Gasteiger partial charge in [0.15, 0.2) is 6.54 Å². The van der Waals surface area contributed by atoms with Crippen molar-refractivity contribution < 1.29 is 22.3 Å². The van der Waals surface area contributed by atoms with E-state index in [-0.39, 0.29) is 5.75 Å². The van der Waals surface area contributed by atoms with Crippen LogP contribution in [0.2, 0.25) is 0 Å². The van der Waals surface area contributed by atoms with Crippen molar-refractivity contribution in [3.63, 3.8) is 0 Å². The van der Waals surface area contributed by atoms with Crippen molar-refractivity contribution in [1.29, 1.82) is 0 Å². The number of fused-ring (bicyclic) bond motifs is 1. The highest BCUT2D eigenvalue weighted by atomic mass is 32.2. The summed E-state index contributed by atoms with van der Waals surface area (Å²) in [5.41, 5.74) is 0.984. The molecule has 1 heterocycles. The highest BCUT2D eigenvalue weighted by Gasteiger charge is 2.20. The van der Waals surface area contributed by atoms with Gasteiger partial charge in [-0.25, -0.2) is 8.42 Å². The first-order valence-corrected chi connectivity index (χ1v) is 10.6. The first-order valence-electron chi connectivity index (χ1n) is 7.00. The average Bonchev–Trinajstić information content (AvgIpc) is 2.82. The van der Waals surface area contributed by atoms with E-state index < -0.39 is 10.1 Å². The van der Waals surface area contributed by atoms with E-state index in [2.05, 4.69) is 6.08 Å². The van der Waals surface area contributed by atoms with E-state index in [1.165, 1.54) is 0 Å². The summed E-state index contributed by atoms with van der Waals surface area (Å²) < 4.78 is 40.9. The van der Waals surface area contributed by atoms with Gasteiger partial charge in [0.2, 0.25) is 5.52 Å². The number of aromatic nitrogens is 1. The molecule has 126 valence electrons. The summed E-state index contributed by atoms with van der Waals surface area (Å²) in [5, 5.41) is 1.03. The molecule has 2 aromatic rings. The van der Waals surface area contributed by atoms with Crippen LogP contribution in [0.15, 0.2) is 23.1 Å². The standard InChI is InChI=1S/C15H19NO4S3/c1-11(21-3)9-15-16(7-4-8-23(17,18)19)13-10-12(20-2)5-6-14(13)22-15/h5-6,9-10H,4,7-8H2,1-3H3/b11-9+. The Kier molecular flexibility index (Phi) is 6.07. The predicted octanol–water partition coefficient (Wildman–Crippen LogP) is 2.86. The number of allylic oxidation sites excluding steroid dienone is 1. The molecule has 0 aliphatic heterocycles. The lowest BCUT2D eigenvalue weighted by atomic mass is 10.3. The Labute approximate surface area is 144 Å². The van der Waals surface area contributed by atoms with Gasteiger partial charge in [-0.05, 0) is 30.2 Å². The summed E-state index contributed by atoms with van der Waals surface area (Å²) in [7, 11) is -2.58. The molecule has 0 saturated carbocycles. The van der Waals surface area contributed by atoms with Crippen molar-refractivity contribution in [1.82, 2.24) is 0 Å². The van der Waals surface area contributed by atoms with E-state index in [1.807, 2.05) is 35.9 Å². The molecule has 0 unspecified atom stereocenters. The molecule has 2 rings (SSSR count). The minimum atomic E-state index is -4.19. The fraction of sp³-hybridized carbons (Fsp3) is 0.400. The van der Waals surface area contributed by atoms with Crippen molar-refractivity contribution >= 4 is 49.5 Å². The number of methoxy groups -OCH3 is 1. The minimum Gasteiger partial charge on any atom is -0.748 e. The summed E-state index contributed by atoms with van der Waals surface area (Å²) in [4.78, 5) is 1.16. The monoisotopic (exact) mass is 373 g/mol. The fourth-order valence-corrected chi connectivity index (χ4v) is 4.14. The fourth-order valence-electron chi connectivity index (χ4n) is 2.18. The maximum absolute atomic E-state index is 10.8. The molecule has 0 spiro atoms. The molecule has 23 heavy (non-hydrogen) atoms. The van der Waals surface area contributed by atoms with Crippen LogP contribution in [0.25, 0.3) is 16.3 Å². The summed E-state index contributed by atoms with van der Waals surface area (Å²) in [6.07, 6.45) is 4.38. The molecule has 0 N–H and O–H groups in total. The van der Waals surface area contributed by atoms with Gasteiger partial charge in [0, 0.05) is 18.2 Å². The van der Waals surface area contributed by atoms with Crippen LogP contribution in [0.1, 0.15) is 18.4 Å². The van der Waals surface area contributed by atoms with Crippen LogP contribution in [0, 0.1) is 0 Å². The third kappa shape index (κ3) is 4.94. The number of thioether (sulfide) groups is 1. The van der Waals surface area contributed by atoms with E-state index >= 15 is 0 Å². The van der Waals surface area contributed by atoms with Gasteiger partial charge < -0.3 is 9.29 Å². The van der Waals surface area contributed by atoms with Gasteiger partial charge in [0.25, 0.3) is 5.01 Å². The Morgan fingerprint density at radius 3 is 2.83 bits per heavy atom. The van der Waals surface area contributed by atoms with Crippen LogP contribution in [-0.4, -0.2) is 32.1 Å². The van der Waals surface area contributed by atoms with Crippen LogP contribution >= 0.6 is 23.1 Å². The second-order valence-corrected chi connectivity index (χ2v) is 8.64. The lowest BCUT2D eigenvalue weighted by Crippen LogP contribution is -2.36. The van der Waals surface area contributed by atoms with Gasteiger partial charge >= 0.3 is 0 Å². The van der Waals surface area contributed by atoms with Crippen LogP contribution < -0.4 is 9.30 Å². The number of aryl methyl sites for hydroxylation is 1. The molecule has 0 saturated heterocycles. The van der Waals surface area contributed by atoms with Gasteiger partial charge in [-0.1, -0.05) is 11.3 Å². The number of benzene rings is 1. The smallest absolute Gasteiger partial charge is 0.263 e. The summed E-state index contributed by atoms with van der Waals surface area (Å²) in [6, 6.07) is 5.83. The number of hydrogen-bond acceptors (Lipinski definition) is 6. The lowest BCUT2D eigenvalue weighted by Gasteiger charge is -2.04. The van der Waals surface area contributed by atoms with E-state index in [1.54, 1.807) is 30.2 Å². The SMILES string of the molecule is COc1ccc2sc(/C=C(\C)SC)[n+](CCCS(=O)(=O)[O-])c2c1. The molecule has 0 aliphatic carbocycles. The van der Waals surface area contributed by atoms with Crippen molar-refractivity contribution in [2.45, 2.75) is 19.9 Å². The zero-order chi connectivity index (χ0) is 17.0. The van der Waals surface area contributed by atoms with Gasteiger partial charge in [0.1, 0.15) is 10.4 Å². The summed E-state index contributed by atoms with van der Waals surface area (Å²) >= 11 is 3.29. The third-order valence-electron chi connectivity index (χ3n) is 3.36. The van der Waals surface area contributed by atoms with Crippen molar-refractivity contribution in [2.24, 2.45) is 0 Å². The number of ether oxygens (including phenoxy) is 1. The zero-order valence-electron chi connectivity index (χ0n) is 13.2. The zero-order valence-corrected chi connectivity index (χ0v) is 15.7. The molecule has 1 aromatic carbocycles. The van der Waals surface area contributed by atoms with Crippen molar-refractivity contribution in [2.75, 3.05) is 19.1 Å². The minimum absolute atomic E-state index is 0.290. The Hall–Kier alpha value is -1.09. The van der Waals surface area contributed by atoms with Crippen LogP contribution in [0.4, 0.5) is 0 Å². The Morgan fingerprint density at radius 2 is 2.22 bits per heavy atom. The average molecular weight is 374 g/mol. The molecule has 5 nitrogen and oxygen atoms in total. The van der Waals surface area contributed by atoms with Gasteiger partial charge in [-0.2, -0.15) is 4.57 Å². The molecule has 0 aliphatic rings. The number of nitrogens with zero attached hydrogens (tertiary/aromatic N) is 1. The molecule has 0 radical (unpaired) electrons. The Bertz CT molecular complexity index is 825. The lowest BCUT2D eigenvalue weighted by molar-refractivity contribution is -0.668. The van der Waals surface area contributed by atoms with E-state index in [4.69, 9.17) is 4.74 Å². The van der Waals surface area contributed by atoms with Crippen molar-refractivity contribution in [3.05, 3.63) is 28.1 Å². The maximum atomic E-state index is 10.8. The van der Waals surface area contributed by atoms with Crippen LogP contribution in [0.3, 0.4) is 0 Å². The Balaban J connectivity index is 2.44. The number of thiazole rings is 1. The van der Waals surface area contributed by atoms with Gasteiger partial charge in [0.05, 0.1) is 23.3 Å². The predicted molar refractivity (Wildman–Crippen MR) is 94.9 cm³/mol. The normalized spacial score (nSPS) is 12.8. The quantitative estimate of drug-likeness (QED) is 0.551. The number of rotatable bonds is 7. The van der Waals surface area contributed by atoms with Gasteiger partial charge in [-0.3, -0.25) is 0 Å². The maximum Gasteiger partial charge on any atom is 0.263 e. The first kappa shape index (κ1) is 18.3. The molecular weight excluding hydrogens is 354 g/mol. The first-order chi connectivity index (χ1) is 10.8. The molecule has 0 fully saturated rings. The second kappa shape index (κ2) is 7.65. The summed E-state index contributed by atoms with van der Waals surface area (Å²) in [6.45, 7) is 2.50. The largest absolute Gasteiger partial charge is 0.748 e. The third-order valence-corrected chi connectivity index (χ3v) is 6.03. The van der Waals surface area contributed by atoms with Crippen LogP contribution in [-0.2, 0) is 16.7 Å². The van der Waals surface area contributed by atoms with E-state index in [0.29, 0.717) is 13.0 Å². The number of hydrogen-bond donors (Lipinski definition) is 0. The molecular formula is C15H19NO4S3. The van der Waals surface area contributed by atoms with Crippen LogP contribution in [0.5, 0.6) is 5.75 Å². The Morgan fingerprint density at radius 1 is 1.48 bits per heavy atom. The van der Waals surface area contributed by atoms with Gasteiger partial charge in [-0.15, -0.1) is 11.8 Å². The molecule has 0 bridgehead atoms. The summed E-state index contributed by atoms with van der Waals surface area (Å²) in [5.74, 6) is 0.393. The molecule has 0 atom stereocenters. The highest BCUT2D eigenvalue weighted by molar-refractivity contribution is 8.02. The topological polar surface area (TPSA) is 70.3 Å². The highest BCUT2D eigenvalue weighted by Crippen LogP contribution is 2.27. The molecule has 0 amide bonds. The molecule has 1 aromatic heterocycles. The van der Waals surface area contributed by atoms with Crippen molar-refractivity contribution in [3.8, 4) is 5.75 Å². The van der Waals surface area contributed by atoms with E-state index in [0.717, 1.165) is 25.9 Å². The molecule has 8 heteroatoms.